The lowest BCUT2D eigenvalue weighted by atomic mass is 9.96. The number of amides is 1. The summed E-state index contributed by atoms with van der Waals surface area (Å²) in [5, 5.41) is 12.0. The van der Waals surface area contributed by atoms with Crippen LogP contribution in [0.25, 0.3) is 0 Å². The molecule has 0 saturated carbocycles. The molecule has 2 rings (SSSR count). The third-order valence-electron chi connectivity index (χ3n) is 4.04. The molecule has 0 aliphatic carbocycles. The number of carbonyl (C=O) groups excluding carboxylic acids is 1. The van der Waals surface area contributed by atoms with Crippen molar-refractivity contribution in [2.45, 2.75) is 13.1 Å². The van der Waals surface area contributed by atoms with Crippen LogP contribution in [-0.4, -0.2) is 47.7 Å². The van der Waals surface area contributed by atoms with E-state index >= 15 is 0 Å². The van der Waals surface area contributed by atoms with Crippen LogP contribution in [0.1, 0.15) is 5.56 Å². The number of carboxylic acids is 1. The summed E-state index contributed by atoms with van der Waals surface area (Å²) < 4.78 is 38.8. The number of hydrogen-bond acceptors (Lipinski definition) is 3. The van der Waals surface area contributed by atoms with Crippen molar-refractivity contribution >= 4 is 29.2 Å². The van der Waals surface area contributed by atoms with Crippen molar-refractivity contribution in [3.8, 4) is 0 Å². The van der Waals surface area contributed by atoms with E-state index in [1.807, 2.05) is 0 Å². The van der Waals surface area contributed by atoms with E-state index in [1.54, 1.807) is 25.1 Å². The Morgan fingerprint density at radius 1 is 1.38 bits per heavy atom. The molecule has 1 aromatic carbocycles. The minimum absolute atomic E-state index is 0.317. The molecule has 2 atom stereocenters. The number of aliphatic carboxylic acids is 1. The number of rotatable bonds is 4. The number of carboxylic acid groups (broad SMARTS) is 1. The summed E-state index contributed by atoms with van der Waals surface area (Å²) in [4.78, 5) is 24.3. The van der Waals surface area contributed by atoms with Crippen LogP contribution in [-0.2, 0) is 9.59 Å². The van der Waals surface area contributed by atoms with Crippen LogP contribution in [0, 0.1) is 18.8 Å². The van der Waals surface area contributed by atoms with Crippen LogP contribution in [0.3, 0.4) is 0 Å². The van der Waals surface area contributed by atoms with Gasteiger partial charge in [0.05, 0.1) is 18.4 Å². The Morgan fingerprint density at radius 2 is 2.04 bits per heavy atom. The van der Waals surface area contributed by atoms with Crippen LogP contribution in [0.5, 0.6) is 0 Å². The summed E-state index contributed by atoms with van der Waals surface area (Å²) in [5.41, 5.74) is 1.11. The van der Waals surface area contributed by atoms with E-state index in [-0.39, 0.29) is 13.1 Å². The molecule has 1 fully saturated rings. The van der Waals surface area contributed by atoms with Crippen LogP contribution in [0.4, 0.5) is 18.9 Å². The van der Waals surface area contributed by atoms with Gasteiger partial charge in [0.2, 0.25) is 5.91 Å². The number of alkyl halides is 3. The fraction of sp³-hybridized carbons (Fsp3) is 0.467. The summed E-state index contributed by atoms with van der Waals surface area (Å²) in [6.45, 7) is 0.556. The molecular formula is C15H16ClF3N2O3. The first-order valence-electron chi connectivity index (χ1n) is 7.16. The van der Waals surface area contributed by atoms with Gasteiger partial charge in [-0.05, 0) is 24.6 Å². The molecule has 1 aliphatic heterocycles. The highest BCUT2D eigenvalue weighted by Crippen LogP contribution is 2.37. The van der Waals surface area contributed by atoms with E-state index in [2.05, 4.69) is 5.32 Å². The Bertz CT molecular complexity index is 651. The van der Waals surface area contributed by atoms with Gasteiger partial charge >= 0.3 is 12.1 Å². The maximum absolute atomic E-state index is 12.9. The predicted octanol–water partition coefficient (Wildman–Crippen LogP) is 2.78. The van der Waals surface area contributed by atoms with Crippen LogP contribution < -0.4 is 5.32 Å². The zero-order chi connectivity index (χ0) is 18.1. The zero-order valence-corrected chi connectivity index (χ0v) is 13.5. The molecule has 1 heterocycles. The lowest BCUT2D eigenvalue weighted by Crippen LogP contribution is -2.34. The minimum atomic E-state index is -4.61. The molecule has 0 bridgehead atoms. The molecule has 2 N–H and O–H groups in total. The van der Waals surface area contributed by atoms with Crippen molar-refractivity contribution in [3.63, 3.8) is 0 Å². The topological polar surface area (TPSA) is 69.6 Å². The average molecular weight is 365 g/mol. The van der Waals surface area contributed by atoms with Crippen molar-refractivity contribution < 1.29 is 27.9 Å². The quantitative estimate of drug-likeness (QED) is 0.862. The first-order valence-corrected chi connectivity index (χ1v) is 7.54. The smallest absolute Gasteiger partial charge is 0.393 e. The van der Waals surface area contributed by atoms with Crippen molar-refractivity contribution in [2.24, 2.45) is 11.8 Å². The van der Waals surface area contributed by atoms with Crippen molar-refractivity contribution in [1.82, 2.24) is 4.90 Å². The highest BCUT2D eigenvalue weighted by molar-refractivity contribution is 6.31. The van der Waals surface area contributed by atoms with Gasteiger partial charge < -0.3 is 10.4 Å². The summed E-state index contributed by atoms with van der Waals surface area (Å²) in [5.74, 6) is -5.57. The van der Waals surface area contributed by atoms with Gasteiger partial charge in [0.25, 0.3) is 0 Å². The molecule has 1 aromatic rings. The van der Waals surface area contributed by atoms with Crippen LogP contribution in [0.2, 0.25) is 5.02 Å². The Labute approximate surface area is 141 Å². The normalized spacial score (nSPS) is 21.7. The van der Waals surface area contributed by atoms with Gasteiger partial charge in [-0.2, -0.15) is 13.2 Å². The monoisotopic (exact) mass is 364 g/mol. The zero-order valence-electron chi connectivity index (χ0n) is 12.7. The van der Waals surface area contributed by atoms with E-state index in [1.165, 1.54) is 4.90 Å². The Kier molecular flexibility index (Phi) is 5.39. The molecule has 1 amide bonds. The number of nitrogens with zero attached hydrogens (tertiary/aromatic N) is 1. The summed E-state index contributed by atoms with van der Waals surface area (Å²) in [6, 6.07) is 4.92. The van der Waals surface area contributed by atoms with E-state index in [4.69, 9.17) is 16.7 Å². The van der Waals surface area contributed by atoms with Gasteiger partial charge in [-0.3, -0.25) is 14.5 Å². The molecule has 132 valence electrons. The first-order chi connectivity index (χ1) is 11.1. The number of anilines is 1. The van der Waals surface area contributed by atoms with E-state index in [0.29, 0.717) is 16.3 Å². The predicted molar refractivity (Wildman–Crippen MR) is 81.9 cm³/mol. The maximum atomic E-state index is 12.9. The van der Waals surface area contributed by atoms with Crippen LogP contribution in [0.15, 0.2) is 18.2 Å². The molecule has 1 saturated heterocycles. The molecule has 24 heavy (non-hydrogen) atoms. The lowest BCUT2D eigenvalue weighted by Gasteiger charge is -2.18. The molecule has 1 aliphatic rings. The van der Waals surface area contributed by atoms with Crippen molar-refractivity contribution in [1.29, 1.82) is 0 Å². The SMILES string of the molecule is Cc1c(Cl)cccc1NC(=O)CN1C[C@@H](C(F)(F)F)[C@H](C(=O)O)C1. The number of benzene rings is 1. The average Bonchev–Trinajstić information content (AvgIpc) is 2.88. The molecule has 0 radical (unpaired) electrons. The number of nitrogens with one attached hydrogen (secondary N) is 1. The van der Waals surface area contributed by atoms with Gasteiger partial charge in [0, 0.05) is 23.8 Å². The highest BCUT2D eigenvalue weighted by Gasteiger charge is 2.52. The maximum Gasteiger partial charge on any atom is 0.393 e. The molecule has 9 heteroatoms. The molecule has 0 spiro atoms. The van der Waals surface area contributed by atoms with Crippen LogP contribution >= 0.6 is 11.6 Å². The van der Waals surface area contributed by atoms with E-state index < -0.39 is 36.4 Å². The Morgan fingerprint density at radius 3 is 2.58 bits per heavy atom. The number of carbonyl (C=O) groups is 2. The second-order valence-corrected chi connectivity index (χ2v) is 6.15. The largest absolute Gasteiger partial charge is 0.481 e. The fourth-order valence-electron chi connectivity index (χ4n) is 2.73. The summed E-state index contributed by atoms with van der Waals surface area (Å²) in [7, 11) is 0. The highest BCUT2D eigenvalue weighted by atomic mass is 35.5. The van der Waals surface area contributed by atoms with Gasteiger partial charge in [-0.25, -0.2) is 0 Å². The Hall–Kier alpha value is -1.80. The number of hydrogen-bond donors (Lipinski definition) is 2. The second kappa shape index (κ2) is 6.98. The third-order valence-corrected chi connectivity index (χ3v) is 4.45. The van der Waals surface area contributed by atoms with E-state index in [0.717, 1.165) is 0 Å². The standard InChI is InChI=1S/C15H16ClF3N2O3/c1-8-11(16)3-2-4-12(8)20-13(22)7-21-5-9(14(23)24)10(6-21)15(17,18)19/h2-4,9-10H,5-7H2,1H3,(H,20,22)(H,23,24)/t9-,10-/m1/s1. The van der Waals surface area contributed by atoms with Gasteiger partial charge in [-0.15, -0.1) is 0 Å². The van der Waals surface area contributed by atoms with Gasteiger partial charge in [0.1, 0.15) is 0 Å². The fourth-order valence-corrected chi connectivity index (χ4v) is 2.91. The number of halogens is 4. The van der Waals surface area contributed by atoms with Gasteiger partial charge in [0.15, 0.2) is 0 Å². The van der Waals surface area contributed by atoms with Crippen molar-refractivity contribution in [2.75, 3.05) is 25.0 Å². The molecule has 0 aromatic heterocycles. The molecule has 5 nitrogen and oxygen atoms in total. The number of likely N-dealkylation sites (tertiary alicyclic amines) is 1. The summed E-state index contributed by atoms with van der Waals surface area (Å²) in [6.07, 6.45) is -4.61. The second-order valence-electron chi connectivity index (χ2n) is 5.75. The summed E-state index contributed by atoms with van der Waals surface area (Å²) >= 11 is 5.94. The third kappa shape index (κ3) is 4.18. The minimum Gasteiger partial charge on any atom is -0.481 e. The lowest BCUT2D eigenvalue weighted by molar-refractivity contribution is -0.188. The van der Waals surface area contributed by atoms with Gasteiger partial charge in [-0.1, -0.05) is 17.7 Å². The first kappa shape index (κ1) is 18.5. The van der Waals surface area contributed by atoms with E-state index in [9.17, 15) is 22.8 Å². The van der Waals surface area contributed by atoms with Crippen molar-refractivity contribution in [3.05, 3.63) is 28.8 Å². The Balaban J connectivity index is 2.02. The molecular weight excluding hydrogens is 349 g/mol. The molecule has 0 unspecified atom stereocenters.